The Kier molecular flexibility index (Phi) is 6.00. The van der Waals surface area contributed by atoms with E-state index in [4.69, 9.17) is 0 Å². The minimum absolute atomic E-state index is 0.114. The molecule has 0 bridgehead atoms. The van der Waals surface area contributed by atoms with Gasteiger partial charge >= 0.3 is 0 Å². The monoisotopic (exact) mass is 389 g/mol. The van der Waals surface area contributed by atoms with Crippen LogP contribution in [0.15, 0.2) is 60.7 Å². The summed E-state index contributed by atoms with van der Waals surface area (Å²) in [5, 5.41) is 1.09. The lowest BCUT2D eigenvalue weighted by molar-refractivity contribution is 0.0620. The average molecular weight is 390 g/mol. The second-order valence-corrected chi connectivity index (χ2v) is 8.53. The van der Waals surface area contributed by atoms with Crippen molar-refractivity contribution in [3.63, 3.8) is 0 Å². The van der Waals surface area contributed by atoms with Crippen molar-refractivity contribution in [2.45, 2.75) is 39.3 Å². The molecule has 29 heavy (non-hydrogen) atoms. The van der Waals surface area contributed by atoms with Gasteiger partial charge in [0.05, 0.1) is 0 Å². The Bertz CT molecular complexity index is 906. The van der Waals surface area contributed by atoms with Crippen molar-refractivity contribution < 1.29 is 4.79 Å². The van der Waals surface area contributed by atoms with Gasteiger partial charge in [-0.3, -0.25) is 9.69 Å². The number of fused-ring (bicyclic) bond motifs is 1. The number of carbonyl (C=O) groups excluding carboxylic acids is 1. The van der Waals surface area contributed by atoms with E-state index in [1.165, 1.54) is 5.56 Å². The minimum Gasteiger partial charge on any atom is -0.351 e. The van der Waals surface area contributed by atoms with E-state index in [1.807, 2.05) is 35.2 Å². The summed E-state index contributed by atoms with van der Waals surface area (Å²) in [6.45, 7) is 8.30. The first kappa shape index (κ1) is 19.7. The van der Waals surface area contributed by atoms with Crippen LogP contribution in [0, 0.1) is 5.92 Å². The van der Waals surface area contributed by atoms with Crippen LogP contribution in [0.1, 0.15) is 42.7 Å². The molecule has 152 valence electrons. The van der Waals surface area contributed by atoms with Crippen LogP contribution in [-0.4, -0.2) is 46.4 Å². The summed E-state index contributed by atoms with van der Waals surface area (Å²) in [5.74, 6) is 0.681. The molecule has 0 radical (unpaired) electrons. The number of piperidine rings is 1. The highest BCUT2D eigenvalue weighted by Gasteiger charge is 2.26. The Labute approximate surface area is 173 Å². The molecule has 1 aliphatic heterocycles. The highest BCUT2D eigenvalue weighted by Crippen LogP contribution is 2.23. The molecule has 4 heteroatoms. The van der Waals surface area contributed by atoms with Crippen LogP contribution in [0.4, 0.5) is 0 Å². The lowest BCUT2D eigenvalue weighted by Gasteiger charge is -2.36. The van der Waals surface area contributed by atoms with E-state index in [0.717, 1.165) is 49.9 Å². The van der Waals surface area contributed by atoms with Gasteiger partial charge in [-0.2, -0.15) is 0 Å². The first-order chi connectivity index (χ1) is 14.1. The maximum absolute atomic E-state index is 13.2. The number of aromatic nitrogens is 1. The molecule has 4 rings (SSSR count). The molecule has 0 spiro atoms. The van der Waals surface area contributed by atoms with Crippen molar-refractivity contribution in [2.24, 2.45) is 5.92 Å². The standard InChI is InChI=1S/C25H31N3O/c1-19(2)28(25(29)24-16-22-10-6-7-11-23(22)26-24)18-21-12-14-27(15-13-21)17-20-8-4-3-5-9-20/h3-11,16,19,21,26H,12-15,17-18H2,1-2H3. The number of benzene rings is 2. The van der Waals surface area contributed by atoms with Crippen molar-refractivity contribution in [1.29, 1.82) is 0 Å². The quantitative estimate of drug-likeness (QED) is 0.649. The van der Waals surface area contributed by atoms with Crippen LogP contribution >= 0.6 is 0 Å². The number of para-hydroxylation sites is 1. The first-order valence-corrected chi connectivity index (χ1v) is 10.7. The third-order valence-electron chi connectivity index (χ3n) is 6.06. The molecule has 1 N–H and O–H groups in total. The van der Waals surface area contributed by atoms with Crippen molar-refractivity contribution in [2.75, 3.05) is 19.6 Å². The zero-order valence-corrected chi connectivity index (χ0v) is 17.5. The maximum Gasteiger partial charge on any atom is 0.270 e. The Morgan fingerprint density at radius 3 is 2.45 bits per heavy atom. The van der Waals surface area contributed by atoms with Gasteiger partial charge in [0.25, 0.3) is 5.91 Å². The molecular formula is C25H31N3O. The lowest BCUT2D eigenvalue weighted by atomic mass is 9.95. The first-order valence-electron chi connectivity index (χ1n) is 10.7. The molecule has 1 amide bonds. The number of hydrogen-bond donors (Lipinski definition) is 1. The van der Waals surface area contributed by atoms with Gasteiger partial charge in [-0.05, 0) is 63.4 Å². The summed E-state index contributed by atoms with van der Waals surface area (Å²) < 4.78 is 0. The van der Waals surface area contributed by atoms with Crippen molar-refractivity contribution in [3.05, 3.63) is 71.9 Å². The van der Waals surface area contributed by atoms with E-state index in [9.17, 15) is 4.79 Å². The minimum atomic E-state index is 0.114. The maximum atomic E-state index is 13.2. The van der Waals surface area contributed by atoms with Crippen molar-refractivity contribution in [3.8, 4) is 0 Å². The summed E-state index contributed by atoms with van der Waals surface area (Å²) in [6.07, 6.45) is 2.30. The normalized spacial score (nSPS) is 15.8. The number of H-pyrrole nitrogens is 1. The summed E-state index contributed by atoms with van der Waals surface area (Å²) in [7, 11) is 0. The second kappa shape index (κ2) is 8.83. The molecule has 0 saturated carbocycles. The molecule has 1 fully saturated rings. The van der Waals surface area contributed by atoms with Crippen LogP contribution in [0.3, 0.4) is 0 Å². The summed E-state index contributed by atoms with van der Waals surface area (Å²) in [4.78, 5) is 21.1. The largest absolute Gasteiger partial charge is 0.351 e. The van der Waals surface area contributed by atoms with Crippen molar-refractivity contribution >= 4 is 16.8 Å². The zero-order valence-electron chi connectivity index (χ0n) is 17.5. The Hall–Kier alpha value is -2.59. The Morgan fingerprint density at radius 1 is 1.07 bits per heavy atom. The van der Waals surface area contributed by atoms with Crippen LogP contribution in [0.25, 0.3) is 10.9 Å². The van der Waals surface area contributed by atoms with Gasteiger partial charge in [-0.1, -0.05) is 48.5 Å². The second-order valence-electron chi connectivity index (χ2n) is 8.53. The molecular weight excluding hydrogens is 358 g/mol. The number of amides is 1. The van der Waals surface area contributed by atoms with Gasteiger partial charge < -0.3 is 9.88 Å². The number of aromatic amines is 1. The number of hydrogen-bond acceptors (Lipinski definition) is 2. The summed E-state index contributed by atoms with van der Waals surface area (Å²) in [6, 6.07) is 20.9. The van der Waals surface area contributed by atoms with Gasteiger partial charge in [0.1, 0.15) is 5.69 Å². The van der Waals surface area contributed by atoms with Crippen LogP contribution in [0.5, 0.6) is 0 Å². The predicted molar refractivity (Wildman–Crippen MR) is 119 cm³/mol. The van der Waals surface area contributed by atoms with E-state index in [1.54, 1.807) is 0 Å². The third-order valence-corrected chi connectivity index (χ3v) is 6.06. The molecule has 3 aromatic rings. The Morgan fingerprint density at radius 2 is 1.76 bits per heavy atom. The van der Waals surface area contributed by atoms with E-state index < -0.39 is 0 Å². The molecule has 1 aliphatic rings. The van der Waals surface area contributed by atoms with Gasteiger partial charge in [0.15, 0.2) is 0 Å². The van der Waals surface area contributed by atoms with Crippen LogP contribution < -0.4 is 0 Å². The molecule has 0 aliphatic carbocycles. The fraction of sp³-hybridized carbons (Fsp3) is 0.400. The van der Waals surface area contributed by atoms with Crippen LogP contribution in [0.2, 0.25) is 0 Å². The van der Waals surface area contributed by atoms with Crippen molar-refractivity contribution in [1.82, 2.24) is 14.8 Å². The zero-order chi connectivity index (χ0) is 20.2. The fourth-order valence-corrected chi connectivity index (χ4v) is 4.32. The van der Waals surface area contributed by atoms with Gasteiger partial charge in [0.2, 0.25) is 0 Å². The number of nitrogens with one attached hydrogen (secondary N) is 1. The topological polar surface area (TPSA) is 39.3 Å². The van der Waals surface area contributed by atoms with E-state index >= 15 is 0 Å². The molecule has 1 saturated heterocycles. The lowest BCUT2D eigenvalue weighted by Crippen LogP contribution is -2.43. The SMILES string of the molecule is CC(C)N(CC1CCN(Cc2ccccc2)CC1)C(=O)c1cc2ccccc2[nH]1. The number of likely N-dealkylation sites (tertiary alicyclic amines) is 1. The van der Waals surface area contributed by atoms with E-state index in [0.29, 0.717) is 11.6 Å². The van der Waals surface area contributed by atoms with Crippen LogP contribution in [-0.2, 0) is 6.54 Å². The molecule has 2 heterocycles. The molecule has 0 unspecified atom stereocenters. The number of nitrogens with zero attached hydrogens (tertiary/aromatic N) is 2. The smallest absolute Gasteiger partial charge is 0.270 e. The molecule has 0 atom stereocenters. The molecule has 1 aromatic heterocycles. The van der Waals surface area contributed by atoms with Gasteiger partial charge in [-0.15, -0.1) is 0 Å². The van der Waals surface area contributed by atoms with Gasteiger partial charge in [0, 0.05) is 30.0 Å². The summed E-state index contributed by atoms with van der Waals surface area (Å²) in [5.41, 5.74) is 3.10. The van der Waals surface area contributed by atoms with Gasteiger partial charge in [-0.25, -0.2) is 0 Å². The number of carbonyl (C=O) groups is 1. The summed E-state index contributed by atoms with van der Waals surface area (Å²) >= 11 is 0. The highest BCUT2D eigenvalue weighted by molar-refractivity contribution is 5.98. The molecule has 2 aromatic carbocycles. The average Bonchev–Trinajstić information content (AvgIpc) is 3.17. The fourth-order valence-electron chi connectivity index (χ4n) is 4.32. The molecule has 4 nitrogen and oxygen atoms in total. The Balaban J connectivity index is 1.37. The van der Waals surface area contributed by atoms with E-state index in [-0.39, 0.29) is 11.9 Å². The third kappa shape index (κ3) is 4.70. The predicted octanol–water partition coefficient (Wildman–Crippen LogP) is 4.93. The highest BCUT2D eigenvalue weighted by atomic mass is 16.2. The number of rotatable bonds is 6. The van der Waals surface area contributed by atoms with E-state index in [2.05, 4.69) is 54.1 Å².